The SMILES string of the molecule is O=C(O)c1cc(O)ccc1NCc1cnc(Cl)s1. The Balaban J connectivity index is 2.16. The van der Waals surface area contributed by atoms with Crippen LogP contribution in [0.2, 0.25) is 4.47 Å². The molecule has 0 saturated carbocycles. The van der Waals surface area contributed by atoms with Gasteiger partial charge in [0, 0.05) is 16.8 Å². The summed E-state index contributed by atoms with van der Waals surface area (Å²) in [7, 11) is 0. The molecule has 94 valence electrons. The number of aromatic carboxylic acids is 1. The summed E-state index contributed by atoms with van der Waals surface area (Å²) in [5.41, 5.74) is 0.454. The number of carboxylic acids is 1. The summed E-state index contributed by atoms with van der Waals surface area (Å²) in [6.07, 6.45) is 1.63. The fourth-order valence-corrected chi connectivity index (χ4v) is 2.33. The van der Waals surface area contributed by atoms with Crippen LogP contribution in [0.5, 0.6) is 5.75 Å². The predicted octanol–water partition coefficient (Wildman–Crippen LogP) is 2.81. The minimum absolute atomic E-state index is 0.0191. The van der Waals surface area contributed by atoms with Gasteiger partial charge in [-0.3, -0.25) is 0 Å². The molecule has 0 fully saturated rings. The first kappa shape index (κ1) is 12.7. The average molecular weight is 285 g/mol. The van der Waals surface area contributed by atoms with E-state index in [2.05, 4.69) is 10.3 Å². The first-order valence-corrected chi connectivity index (χ1v) is 6.16. The maximum Gasteiger partial charge on any atom is 0.337 e. The standard InChI is InChI=1S/C11H9ClN2O3S/c12-11-14-5-7(18-11)4-13-9-2-1-6(15)3-8(9)10(16)17/h1-3,5,13,15H,4H2,(H,16,17). The van der Waals surface area contributed by atoms with E-state index in [0.29, 0.717) is 16.7 Å². The Morgan fingerprint density at radius 3 is 2.89 bits per heavy atom. The van der Waals surface area contributed by atoms with Crippen molar-refractivity contribution in [1.29, 1.82) is 0 Å². The van der Waals surface area contributed by atoms with E-state index < -0.39 is 5.97 Å². The van der Waals surface area contributed by atoms with Crippen LogP contribution in [0.1, 0.15) is 15.2 Å². The number of aromatic nitrogens is 1. The third-order valence-corrected chi connectivity index (χ3v) is 3.33. The van der Waals surface area contributed by atoms with Crippen molar-refractivity contribution >= 4 is 34.6 Å². The number of halogens is 1. The number of anilines is 1. The zero-order chi connectivity index (χ0) is 13.1. The highest BCUT2D eigenvalue weighted by molar-refractivity contribution is 7.15. The second-order valence-electron chi connectivity index (χ2n) is 3.47. The number of nitrogens with one attached hydrogen (secondary N) is 1. The van der Waals surface area contributed by atoms with Crippen LogP contribution in [0.3, 0.4) is 0 Å². The monoisotopic (exact) mass is 284 g/mol. The van der Waals surface area contributed by atoms with Crippen molar-refractivity contribution in [2.45, 2.75) is 6.54 Å². The summed E-state index contributed by atoms with van der Waals surface area (Å²) in [5, 5.41) is 21.2. The highest BCUT2D eigenvalue weighted by Gasteiger charge is 2.11. The third-order valence-electron chi connectivity index (χ3n) is 2.21. The van der Waals surface area contributed by atoms with Gasteiger partial charge in [0.25, 0.3) is 0 Å². The van der Waals surface area contributed by atoms with Crippen LogP contribution in [0.15, 0.2) is 24.4 Å². The average Bonchev–Trinajstić information content (AvgIpc) is 2.73. The van der Waals surface area contributed by atoms with Crippen molar-refractivity contribution in [3.8, 4) is 5.75 Å². The number of hydrogen-bond donors (Lipinski definition) is 3. The molecule has 5 nitrogen and oxygen atoms in total. The molecule has 0 radical (unpaired) electrons. The van der Waals surface area contributed by atoms with Crippen LogP contribution >= 0.6 is 22.9 Å². The summed E-state index contributed by atoms with van der Waals surface area (Å²) in [5.74, 6) is -1.19. The number of benzene rings is 1. The summed E-state index contributed by atoms with van der Waals surface area (Å²) in [4.78, 5) is 15.8. The second kappa shape index (κ2) is 5.24. The topological polar surface area (TPSA) is 82.5 Å². The van der Waals surface area contributed by atoms with Gasteiger partial charge in [0.2, 0.25) is 0 Å². The lowest BCUT2D eigenvalue weighted by Gasteiger charge is -2.08. The minimum atomic E-state index is -1.10. The molecule has 0 amide bonds. The van der Waals surface area contributed by atoms with E-state index in [1.165, 1.54) is 29.5 Å². The van der Waals surface area contributed by atoms with Crippen molar-refractivity contribution < 1.29 is 15.0 Å². The zero-order valence-corrected chi connectivity index (χ0v) is 10.6. The van der Waals surface area contributed by atoms with Crippen molar-refractivity contribution in [1.82, 2.24) is 4.98 Å². The molecule has 7 heteroatoms. The number of aromatic hydroxyl groups is 1. The first-order valence-electron chi connectivity index (χ1n) is 4.96. The molecule has 0 aliphatic carbocycles. The Kier molecular flexibility index (Phi) is 3.69. The summed E-state index contributed by atoms with van der Waals surface area (Å²) >= 11 is 7.02. The van der Waals surface area contributed by atoms with E-state index in [4.69, 9.17) is 16.7 Å². The zero-order valence-electron chi connectivity index (χ0n) is 9.05. The molecule has 0 atom stereocenters. The Morgan fingerprint density at radius 1 is 1.50 bits per heavy atom. The highest BCUT2D eigenvalue weighted by Crippen LogP contribution is 2.23. The summed E-state index contributed by atoms with van der Waals surface area (Å²) < 4.78 is 0.441. The highest BCUT2D eigenvalue weighted by atomic mass is 35.5. The van der Waals surface area contributed by atoms with E-state index in [0.717, 1.165) is 4.88 Å². The maximum atomic E-state index is 11.0. The molecule has 0 bridgehead atoms. The van der Waals surface area contributed by atoms with Crippen molar-refractivity contribution in [2.75, 3.05) is 5.32 Å². The van der Waals surface area contributed by atoms with Crippen LogP contribution in [0.25, 0.3) is 0 Å². The number of carbonyl (C=O) groups is 1. The van der Waals surface area contributed by atoms with Crippen molar-refractivity contribution in [3.63, 3.8) is 0 Å². The number of phenols is 1. The predicted molar refractivity (Wildman–Crippen MR) is 69.5 cm³/mol. The van der Waals surface area contributed by atoms with Crippen LogP contribution < -0.4 is 5.32 Å². The molecular formula is C11H9ClN2O3S. The molecule has 1 aromatic carbocycles. The van der Waals surface area contributed by atoms with Gasteiger partial charge in [-0.1, -0.05) is 11.6 Å². The number of nitrogens with zero attached hydrogens (tertiary/aromatic N) is 1. The van der Waals surface area contributed by atoms with Gasteiger partial charge in [0.15, 0.2) is 4.47 Å². The quantitative estimate of drug-likeness (QED) is 0.752. The lowest BCUT2D eigenvalue weighted by atomic mass is 10.1. The van der Waals surface area contributed by atoms with Gasteiger partial charge >= 0.3 is 5.97 Å². The number of thiazole rings is 1. The molecule has 3 N–H and O–H groups in total. The van der Waals surface area contributed by atoms with Crippen molar-refractivity contribution in [2.24, 2.45) is 0 Å². The van der Waals surface area contributed by atoms with Crippen molar-refractivity contribution in [3.05, 3.63) is 39.3 Å². The number of carboxylic acid groups (broad SMARTS) is 1. The number of phenolic OH excluding ortho intramolecular Hbond substituents is 1. The van der Waals surface area contributed by atoms with E-state index in [1.54, 1.807) is 6.20 Å². The molecule has 2 rings (SSSR count). The lowest BCUT2D eigenvalue weighted by Crippen LogP contribution is -2.05. The second-order valence-corrected chi connectivity index (χ2v) is 5.17. The smallest absolute Gasteiger partial charge is 0.337 e. The van der Waals surface area contributed by atoms with Crippen LogP contribution in [-0.4, -0.2) is 21.2 Å². The van der Waals surface area contributed by atoms with Gasteiger partial charge < -0.3 is 15.5 Å². The first-order chi connectivity index (χ1) is 8.56. The molecule has 0 aliphatic rings. The van der Waals surface area contributed by atoms with Gasteiger partial charge in [-0.2, -0.15) is 0 Å². The van der Waals surface area contributed by atoms with E-state index >= 15 is 0 Å². The van der Waals surface area contributed by atoms with E-state index in [9.17, 15) is 9.90 Å². The molecule has 1 heterocycles. The van der Waals surface area contributed by atoms with Gasteiger partial charge in [-0.25, -0.2) is 9.78 Å². The molecular weight excluding hydrogens is 276 g/mol. The Hall–Kier alpha value is -1.79. The van der Waals surface area contributed by atoms with E-state index in [1.807, 2.05) is 0 Å². The molecule has 0 spiro atoms. The number of hydrogen-bond acceptors (Lipinski definition) is 5. The van der Waals surface area contributed by atoms with Gasteiger partial charge in [-0.05, 0) is 18.2 Å². The fraction of sp³-hybridized carbons (Fsp3) is 0.0909. The molecule has 0 aliphatic heterocycles. The molecule has 1 aromatic heterocycles. The molecule has 2 aromatic rings. The minimum Gasteiger partial charge on any atom is -0.508 e. The molecule has 18 heavy (non-hydrogen) atoms. The Bertz CT molecular complexity index is 585. The van der Waals surface area contributed by atoms with E-state index in [-0.39, 0.29) is 11.3 Å². The Morgan fingerprint density at radius 2 is 2.28 bits per heavy atom. The third kappa shape index (κ3) is 2.91. The Labute approximate surface area is 112 Å². The molecule has 0 unspecified atom stereocenters. The van der Waals surface area contributed by atoms with Gasteiger partial charge in [-0.15, -0.1) is 11.3 Å². The summed E-state index contributed by atoms with van der Waals surface area (Å²) in [6.45, 7) is 0.426. The van der Waals surface area contributed by atoms with Crippen LogP contribution in [-0.2, 0) is 6.54 Å². The van der Waals surface area contributed by atoms with Crippen LogP contribution in [0.4, 0.5) is 5.69 Å². The normalized spacial score (nSPS) is 10.3. The fourth-order valence-electron chi connectivity index (χ4n) is 1.41. The maximum absolute atomic E-state index is 11.0. The van der Waals surface area contributed by atoms with Gasteiger partial charge in [0.05, 0.1) is 12.1 Å². The molecule has 0 saturated heterocycles. The van der Waals surface area contributed by atoms with Crippen LogP contribution in [0, 0.1) is 0 Å². The summed E-state index contributed by atoms with van der Waals surface area (Å²) in [6, 6.07) is 4.14. The van der Waals surface area contributed by atoms with Gasteiger partial charge in [0.1, 0.15) is 5.75 Å². The number of rotatable bonds is 4. The largest absolute Gasteiger partial charge is 0.508 e. The lowest BCUT2D eigenvalue weighted by molar-refractivity contribution is 0.0697.